The van der Waals surface area contributed by atoms with Crippen molar-refractivity contribution >= 4 is 58.0 Å². The van der Waals surface area contributed by atoms with E-state index in [-0.39, 0.29) is 48.9 Å². The zero-order valence-corrected chi connectivity index (χ0v) is 37.7. The number of methoxy groups -OCH3 is 1. The van der Waals surface area contributed by atoms with Crippen LogP contribution in [0.25, 0.3) is 5.65 Å². The number of carbonyl (C=O) groups is 3. The molecule has 2 aromatic heterocycles. The molecule has 3 unspecified atom stereocenters. The van der Waals surface area contributed by atoms with Crippen LogP contribution in [-0.4, -0.2) is 143 Å². The van der Waals surface area contributed by atoms with Gasteiger partial charge in [-0.25, -0.2) is 23.1 Å². The number of imide groups is 1. The number of hydrogen-bond donors (Lipinski definition) is 4. The summed E-state index contributed by atoms with van der Waals surface area (Å²) >= 11 is 6.55. The second kappa shape index (κ2) is 17.0. The number of fused-ring (bicyclic) bond motifs is 2. The molecule has 1 saturated carbocycles. The molecule has 2 aromatic carbocycles. The molecule has 6 aliphatic rings. The van der Waals surface area contributed by atoms with Crippen molar-refractivity contribution in [3.05, 3.63) is 75.6 Å². The van der Waals surface area contributed by atoms with Gasteiger partial charge in [0.1, 0.15) is 11.9 Å². The Morgan fingerprint density at radius 3 is 2.51 bits per heavy atom. The van der Waals surface area contributed by atoms with E-state index in [1.165, 1.54) is 4.90 Å². The number of halogens is 3. The number of rotatable bonds is 11. The van der Waals surface area contributed by atoms with Crippen LogP contribution < -0.4 is 25.8 Å². The fourth-order valence-electron chi connectivity index (χ4n) is 11.0. The minimum atomic E-state index is -2.90. The van der Waals surface area contributed by atoms with E-state index < -0.39 is 24.2 Å². The quantitative estimate of drug-likeness (QED) is 0.148. The molecule has 4 N–H and O–H groups in total. The fourth-order valence-corrected chi connectivity index (χ4v) is 11.2. The van der Waals surface area contributed by atoms with Crippen LogP contribution in [0.3, 0.4) is 0 Å². The number of hydrogen-bond acceptors (Lipinski definition) is 12. The number of urea groups is 1. The van der Waals surface area contributed by atoms with Crippen molar-refractivity contribution in [2.45, 2.75) is 88.8 Å². The smallest absolute Gasteiger partial charge is 0.328 e. The second-order valence-electron chi connectivity index (χ2n) is 18.8. The molecule has 4 saturated heterocycles. The number of piperidine rings is 2. The van der Waals surface area contributed by atoms with Gasteiger partial charge >= 0.3 is 6.03 Å². The lowest BCUT2D eigenvalue weighted by Crippen LogP contribution is -2.65. The monoisotopic (exact) mass is 915 g/mol. The maximum absolute atomic E-state index is 16.2. The Labute approximate surface area is 381 Å². The summed E-state index contributed by atoms with van der Waals surface area (Å²) in [5, 5.41) is 25.4. The highest BCUT2D eigenvalue weighted by atomic mass is 35.5. The van der Waals surface area contributed by atoms with Crippen LogP contribution in [-0.2, 0) is 22.5 Å². The van der Waals surface area contributed by atoms with E-state index in [1.54, 1.807) is 41.8 Å². The number of carbonyl (C=O) groups excluding carboxylic acids is 3. The zero-order valence-electron chi connectivity index (χ0n) is 37.0. The first-order chi connectivity index (χ1) is 31.2. The fraction of sp³-hybridized carbons (Fsp3) is 0.543. The second-order valence-corrected chi connectivity index (χ2v) is 19.2. The number of nitrogens with one attached hydrogen (secondary N) is 3. The zero-order chi connectivity index (χ0) is 45.4. The molecule has 0 bridgehead atoms. The number of likely N-dealkylation sites (tertiary alicyclic amines) is 3. The predicted molar refractivity (Wildman–Crippen MR) is 241 cm³/mol. The van der Waals surface area contributed by atoms with E-state index in [0.29, 0.717) is 91.2 Å². The number of aliphatic hydroxyl groups is 1. The molecule has 4 aromatic rings. The molecule has 1 aliphatic carbocycles. The third-order valence-electron chi connectivity index (χ3n) is 14.9. The summed E-state index contributed by atoms with van der Waals surface area (Å²) in [5.41, 5.74) is 6.43. The van der Waals surface area contributed by atoms with Crippen molar-refractivity contribution in [1.82, 2.24) is 39.9 Å². The first-order valence-electron chi connectivity index (χ1n) is 22.7. The molecule has 346 valence electrons. The lowest BCUT2D eigenvalue weighted by molar-refractivity contribution is -0.143. The van der Waals surface area contributed by atoms with E-state index in [1.807, 2.05) is 35.0 Å². The summed E-state index contributed by atoms with van der Waals surface area (Å²) < 4.78 is 39.6. The van der Waals surface area contributed by atoms with E-state index in [9.17, 15) is 19.5 Å². The molecular weight excluding hydrogens is 860 g/mol. The molecule has 7 heterocycles. The summed E-state index contributed by atoms with van der Waals surface area (Å²) in [6, 6.07) is 9.98. The Balaban J connectivity index is 0.757. The first-order valence-corrected chi connectivity index (χ1v) is 23.1. The summed E-state index contributed by atoms with van der Waals surface area (Å²) in [7, 11) is 3.51. The molecule has 16 nitrogen and oxygen atoms in total. The van der Waals surface area contributed by atoms with Gasteiger partial charge in [-0.1, -0.05) is 23.7 Å². The van der Waals surface area contributed by atoms with Gasteiger partial charge in [-0.2, -0.15) is 0 Å². The molecule has 19 heteroatoms. The molecular formula is C46H56ClF2N11O5. The highest BCUT2D eigenvalue weighted by molar-refractivity contribution is 6.32. The van der Waals surface area contributed by atoms with Gasteiger partial charge < -0.3 is 25.0 Å². The van der Waals surface area contributed by atoms with Gasteiger partial charge in [0.25, 0.3) is 11.8 Å². The molecule has 1 spiro atoms. The number of aliphatic hydroxyl groups excluding tert-OH is 1. The van der Waals surface area contributed by atoms with Gasteiger partial charge in [0.05, 0.1) is 36.3 Å². The van der Waals surface area contributed by atoms with Gasteiger partial charge in [-0.3, -0.25) is 34.9 Å². The van der Waals surface area contributed by atoms with Crippen LogP contribution in [0, 0.1) is 12.3 Å². The van der Waals surface area contributed by atoms with Crippen LogP contribution in [0.5, 0.6) is 0 Å². The minimum absolute atomic E-state index is 0.0389. The molecule has 5 aliphatic heterocycles. The topological polar surface area (TPSA) is 163 Å². The number of aromatic nitrogens is 3. The van der Waals surface area contributed by atoms with Gasteiger partial charge in [0, 0.05) is 93.6 Å². The maximum atomic E-state index is 16.2. The van der Waals surface area contributed by atoms with E-state index in [4.69, 9.17) is 21.4 Å². The number of alkyl halides is 2. The largest absolute Gasteiger partial charge is 0.385 e. The average Bonchev–Trinajstić information content (AvgIpc) is 3.91. The molecule has 65 heavy (non-hydrogen) atoms. The third-order valence-corrected chi connectivity index (χ3v) is 15.3. The van der Waals surface area contributed by atoms with E-state index in [0.717, 1.165) is 54.6 Å². The third kappa shape index (κ3) is 7.99. The van der Waals surface area contributed by atoms with Crippen molar-refractivity contribution < 1.29 is 33.0 Å². The average molecular weight is 916 g/mol. The van der Waals surface area contributed by atoms with E-state index in [2.05, 4.69) is 31.9 Å². The minimum Gasteiger partial charge on any atom is -0.385 e. The lowest BCUT2D eigenvalue weighted by Gasteiger charge is -2.55. The summed E-state index contributed by atoms with van der Waals surface area (Å²) in [6.07, 6.45) is 5.27. The van der Waals surface area contributed by atoms with Crippen molar-refractivity contribution in [2.75, 3.05) is 81.6 Å². The van der Waals surface area contributed by atoms with Gasteiger partial charge in [0.15, 0.2) is 11.5 Å². The van der Waals surface area contributed by atoms with E-state index >= 15 is 8.78 Å². The van der Waals surface area contributed by atoms with Gasteiger partial charge in [-0.15, -0.1) is 5.10 Å². The Bertz CT molecular complexity index is 2520. The van der Waals surface area contributed by atoms with Crippen molar-refractivity contribution in [3.63, 3.8) is 0 Å². The van der Waals surface area contributed by atoms with Gasteiger partial charge in [0.2, 0.25) is 5.91 Å². The molecule has 4 amide bonds. The van der Waals surface area contributed by atoms with Crippen LogP contribution >= 0.6 is 11.6 Å². The Morgan fingerprint density at radius 1 is 1.02 bits per heavy atom. The number of amides is 4. The Kier molecular flexibility index (Phi) is 11.5. The molecule has 5 fully saturated rings. The summed E-state index contributed by atoms with van der Waals surface area (Å²) in [5.74, 6) is -2.74. The first kappa shape index (κ1) is 43.9. The highest BCUT2D eigenvalue weighted by Gasteiger charge is 2.52. The van der Waals surface area contributed by atoms with Crippen molar-refractivity contribution in [2.24, 2.45) is 5.41 Å². The van der Waals surface area contributed by atoms with Crippen LogP contribution in [0.1, 0.15) is 77.5 Å². The van der Waals surface area contributed by atoms with Crippen LogP contribution in [0.2, 0.25) is 5.02 Å². The van der Waals surface area contributed by atoms with Crippen molar-refractivity contribution in [3.8, 4) is 0 Å². The summed E-state index contributed by atoms with van der Waals surface area (Å²) in [6.45, 7) is 5.47. The lowest BCUT2D eigenvalue weighted by atomic mass is 9.71. The van der Waals surface area contributed by atoms with Crippen LogP contribution in [0.4, 0.5) is 36.5 Å². The highest BCUT2D eigenvalue weighted by Crippen LogP contribution is 2.45. The number of benzene rings is 2. The van der Waals surface area contributed by atoms with Gasteiger partial charge in [-0.05, 0) is 93.4 Å². The molecule has 0 radical (unpaired) electrons. The normalized spacial score (nSPS) is 24.8. The Hall–Kier alpha value is -4.98. The number of nitrogens with zero attached hydrogens (tertiary/aromatic N) is 8. The number of imidazole rings is 1. The number of ether oxygens (including phenoxy) is 1. The SMILES string of the molecule is CNc1cc(N2CCc3c(CN4CCC(N5CCC6(CC5)CN(C(=O)c5cc(Cl)c(C)c(N7CCC(=O)NC7=O)c5)C6)C(F)(F)C4)cccc32)nn2c(C(O)NC3CC[C@H]3OC)cnc12. The van der Waals surface area contributed by atoms with Crippen molar-refractivity contribution in [1.29, 1.82) is 0 Å². The maximum Gasteiger partial charge on any atom is 0.328 e. The number of anilines is 4. The summed E-state index contributed by atoms with van der Waals surface area (Å²) in [4.78, 5) is 51.8. The Morgan fingerprint density at radius 2 is 1.80 bits per heavy atom. The predicted octanol–water partition coefficient (Wildman–Crippen LogP) is 5.08. The molecule has 10 rings (SSSR count). The molecule has 4 atom stereocenters. The van der Waals surface area contributed by atoms with Crippen LogP contribution in [0.15, 0.2) is 42.6 Å². The standard InChI is InChI=1S/C46H56ClF2N11O5/c1-27-31(47)19-29(20-35(27)59-16-11-40(61)53-44(59)64)43(63)57-24-45(25-57)12-17-56(18-13-45)38-10-14-55(26-46(38,48)49)23-28-5-4-6-34-30(28)9-15-58(34)39-21-33(50-2)41-51-22-36(60(41)54-39)42(62)52-32-7-8-37(32)65-3/h4-6,19-22,32,37-38,42,50,52,62H,7-18,23-26H2,1-3H3,(H,53,61,64)/t32?,37-,38?,42?/m1/s1.